The van der Waals surface area contributed by atoms with Gasteiger partial charge in [0.25, 0.3) is 0 Å². The molecule has 0 saturated carbocycles. The molecular formula is C18H30N2O. The lowest BCUT2D eigenvalue weighted by atomic mass is 9.87. The molecule has 0 aliphatic carbocycles. The molecule has 1 aliphatic rings. The third-order valence-corrected chi connectivity index (χ3v) is 4.62. The molecule has 2 N–H and O–H groups in total. The highest BCUT2D eigenvalue weighted by Gasteiger charge is 2.20. The van der Waals surface area contributed by atoms with Gasteiger partial charge >= 0.3 is 0 Å². The van der Waals surface area contributed by atoms with Gasteiger partial charge < -0.3 is 15.4 Å². The molecule has 118 valence electrons. The molecular weight excluding hydrogens is 260 g/mol. The monoisotopic (exact) mass is 290 g/mol. The second-order valence-electron chi connectivity index (χ2n) is 6.47. The molecule has 0 bridgehead atoms. The predicted molar refractivity (Wildman–Crippen MR) is 88.4 cm³/mol. The van der Waals surface area contributed by atoms with Crippen LogP contribution in [0.1, 0.15) is 38.7 Å². The number of hydrogen-bond donors (Lipinski definition) is 1. The summed E-state index contributed by atoms with van der Waals surface area (Å²) in [6.45, 7) is 9.76. The van der Waals surface area contributed by atoms with E-state index in [0.29, 0.717) is 6.54 Å². The highest BCUT2D eigenvalue weighted by atomic mass is 16.5. The van der Waals surface area contributed by atoms with E-state index in [-0.39, 0.29) is 0 Å². The fourth-order valence-corrected chi connectivity index (χ4v) is 3.04. The van der Waals surface area contributed by atoms with Gasteiger partial charge in [-0.15, -0.1) is 0 Å². The van der Waals surface area contributed by atoms with Crippen LogP contribution >= 0.6 is 0 Å². The molecule has 0 amide bonds. The first-order valence-corrected chi connectivity index (χ1v) is 8.33. The maximum Gasteiger partial charge on any atom is 0.119 e. The van der Waals surface area contributed by atoms with Crippen LogP contribution in [0.15, 0.2) is 24.3 Å². The van der Waals surface area contributed by atoms with Gasteiger partial charge in [0, 0.05) is 13.1 Å². The van der Waals surface area contributed by atoms with Crippen LogP contribution in [0.25, 0.3) is 0 Å². The standard InChI is InChI=1S/C18H30N2O/c1-15(2)17-8-11-20(12-9-17)10-3-13-21-18-6-4-16(14-19)5-7-18/h4-7,15,17H,3,8-14,19H2,1-2H3. The number of piperidine rings is 1. The van der Waals surface area contributed by atoms with Gasteiger partial charge in [-0.25, -0.2) is 0 Å². The summed E-state index contributed by atoms with van der Waals surface area (Å²) in [6.07, 6.45) is 3.82. The summed E-state index contributed by atoms with van der Waals surface area (Å²) in [6, 6.07) is 8.09. The van der Waals surface area contributed by atoms with Crippen LogP contribution in [0.5, 0.6) is 5.75 Å². The van der Waals surface area contributed by atoms with Crippen molar-refractivity contribution in [2.24, 2.45) is 17.6 Å². The fourth-order valence-electron chi connectivity index (χ4n) is 3.04. The summed E-state index contributed by atoms with van der Waals surface area (Å²) in [5.41, 5.74) is 6.73. The lowest BCUT2D eigenvalue weighted by Crippen LogP contribution is -2.36. The zero-order chi connectivity index (χ0) is 15.1. The zero-order valence-corrected chi connectivity index (χ0v) is 13.6. The first kappa shape index (κ1) is 16.3. The Labute approximate surface area is 129 Å². The van der Waals surface area contributed by atoms with Crippen molar-refractivity contribution in [2.45, 2.75) is 39.7 Å². The Morgan fingerprint density at radius 2 is 1.86 bits per heavy atom. The third kappa shape index (κ3) is 5.33. The van der Waals surface area contributed by atoms with Crippen molar-refractivity contribution in [1.82, 2.24) is 4.90 Å². The van der Waals surface area contributed by atoms with Crippen molar-refractivity contribution >= 4 is 0 Å². The predicted octanol–water partition coefficient (Wildman–Crippen LogP) is 3.28. The summed E-state index contributed by atoms with van der Waals surface area (Å²) in [5, 5.41) is 0. The molecule has 1 aromatic carbocycles. The lowest BCUT2D eigenvalue weighted by Gasteiger charge is -2.33. The van der Waals surface area contributed by atoms with E-state index in [4.69, 9.17) is 10.5 Å². The zero-order valence-electron chi connectivity index (χ0n) is 13.6. The Hall–Kier alpha value is -1.06. The highest BCUT2D eigenvalue weighted by molar-refractivity contribution is 5.26. The van der Waals surface area contributed by atoms with Gasteiger partial charge in [0.05, 0.1) is 6.61 Å². The molecule has 1 heterocycles. The normalized spacial score (nSPS) is 17.3. The van der Waals surface area contributed by atoms with Crippen molar-refractivity contribution < 1.29 is 4.74 Å². The van der Waals surface area contributed by atoms with Crippen molar-refractivity contribution in [3.8, 4) is 5.75 Å². The Bertz CT molecular complexity index is 394. The van der Waals surface area contributed by atoms with Gasteiger partial charge in [-0.3, -0.25) is 0 Å². The maximum absolute atomic E-state index is 5.79. The third-order valence-electron chi connectivity index (χ3n) is 4.62. The number of nitrogens with zero attached hydrogens (tertiary/aromatic N) is 1. The van der Waals surface area contributed by atoms with Gasteiger partial charge in [-0.05, 0) is 61.9 Å². The fraction of sp³-hybridized carbons (Fsp3) is 0.667. The van der Waals surface area contributed by atoms with Crippen LogP contribution in [0.4, 0.5) is 0 Å². The number of ether oxygens (including phenoxy) is 1. The van der Waals surface area contributed by atoms with Crippen LogP contribution in [0, 0.1) is 11.8 Å². The second-order valence-corrected chi connectivity index (χ2v) is 6.47. The van der Waals surface area contributed by atoms with E-state index in [9.17, 15) is 0 Å². The summed E-state index contributed by atoms with van der Waals surface area (Å²) < 4.78 is 5.79. The maximum atomic E-state index is 5.79. The Morgan fingerprint density at radius 3 is 2.43 bits per heavy atom. The summed E-state index contributed by atoms with van der Waals surface area (Å²) in [5.74, 6) is 2.72. The van der Waals surface area contributed by atoms with Crippen LogP contribution in [-0.2, 0) is 6.54 Å². The number of rotatable bonds is 7. The Kier molecular flexibility index (Phi) is 6.52. The van der Waals surface area contributed by atoms with E-state index in [1.807, 2.05) is 24.3 Å². The van der Waals surface area contributed by atoms with Gasteiger partial charge in [-0.2, -0.15) is 0 Å². The topological polar surface area (TPSA) is 38.5 Å². The van der Waals surface area contributed by atoms with Crippen LogP contribution in [-0.4, -0.2) is 31.1 Å². The molecule has 0 radical (unpaired) electrons. The number of likely N-dealkylation sites (tertiary alicyclic amines) is 1. The molecule has 1 aromatic rings. The minimum absolute atomic E-state index is 0.590. The minimum atomic E-state index is 0.590. The van der Waals surface area contributed by atoms with Gasteiger partial charge in [-0.1, -0.05) is 26.0 Å². The second kappa shape index (κ2) is 8.40. The van der Waals surface area contributed by atoms with Crippen molar-refractivity contribution in [3.63, 3.8) is 0 Å². The number of nitrogens with two attached hydrogens (primary N) is 1. The van der Waals surface area contributed by atoms with Crippen LogP contribution < -0.4 is 10.5 Å². The van der Waals surface area contributed by atoms with E-state index < -0.39 is 0 Å². The molecule has 1 aliphatic heterocycles. The highest BCUT2D eigenvalue weighted by Crippen LogP contribution is 2.24. The quantitative estimate of drug-likeness (QED) is 0.783. The number of hydrogen-bond acceptors (Lipinski definition) is 3. The average Bonchev–Trinajstić information content (AvgIpc) is 2.52. The SMILES string of the molecule is CC(C)C1CCN(CCCOc2ccc(CN)cc2)CC1. The number of benzene rings is 1. The summed E-state index contributed by atoms with van der Waals surface area (Å²) >= 11 is 0. The molecule has 0 aromatic heterocycles. The largest absolute Gasteiger partial charge is 0.494 e. The molecule has 2 rings (SSSR count). The first-order chi connectivity index (χ1) is 10.2. The molecule has 3 heteroatoms. The molecule has 0 atom stereocenters. The van der Waals surface area contributed by atoms with E-state index in [2.05, 4.69) is 18.7 Å². The van der Waals surface area contributed by atoms with Crippen molar-refractivity contribution in [3.05, 3.63) is 29.8 Å². The Morgan fingerprint density at radius 1 is 1.19 bits per heavy atom. The smallest absolute Gasteiger partial charge is 0.119 e. The lowest BCUT2D eigenvalue weighted by molar-refractivity contribution is 0.149. The molecule has 21 heavy (non-hydrogen) atoms. The van der Waals surface area contributed by atoms with E-state index >= 15 is 0 Å². The first-order valence-electron chi connectivity index (χ1n) is 8.33. The molecule has 0 spiro atoms. The summed E-state index contributed by atoms with van der Waals surface area (Å²) in [7, 11) is 0. The van der Waals surface area contributed by atoms with Crippen molar-refractivity contribution in [2.75, 3.05) is 26.2 Å². The molecule has 1 fully saturated rings. The van der Waals surface area contributed by atoms with Crippen LogP contribution in [0.2, 0.25) is 0 Å². The van der Waals surface area contributed by atoms with Crippen molar-refractivity contribution in [1.29, 1.82) is 0 Å². The van der Waals surface area contributed by atoms with Gasteiger partial charge in [0.15, 0.2) is 0 Å². The van der Waals surface area contributed by atoms with E-state index in [1.54, 1.807) is 0 Å². The minimum Gasteiger partial charge on any atom is -0.494 e. The molecule has 0 unspecified atom stereocenters. The van der Waals surface area contributed by atoms with E-state index in [1.165, 1.54) is 25.9 Å². The molecule has 1 saturated heterocycles. The Balaban J connectivity index is 1.59. The summed E-state index contributed by atoms with van der Waals surface area (Å²) in [4.78, 5) is 2.58. The van der Waals surface area contributed by atoms with Crippen LogP contribution in [0.3, 0.4) is 0 Å². The van der Waals surface area contributed by atoms with Gasteiger partial charge in [0.2, 0.25) is 0 Å². The van der Waals surface area contributed by atoms with Gasteiger partial charge in [0.1, 0.15) is 5.75 Å². The molecule has 3 nitrogen and oxygen atoms in total. The van der Waals surface area contributed by atoms with E-state index in [0.717, 1.165) is 42.7 Å². The average molecular weight is 290 g/mol.